The summed E-state index contributed by atoms with van der Waals surface area (Å²) in [4.78, 5) is 27.2. The molecule has 8 nitrogen and oxygen atoms in total. The predicted octanol–water partition coefficient (Wildman–Crippen LogP) is 6.41. The first-order valence-corrected chi connectivity index (χ1v) is 12.1. The van der Waals surface area contributed by atoms with Crippen LogP contribution in [0.2, 0.25) is 0 Å². The van der Waals surface area contributed by atoms with Gasteiger partial charge in [-0.1, -0.05) is 97.1 Å². The molecule has 38 heavy (non-hydrogen) atoms. The summed E-state index contributed by atoms with van der Waals surface area (Å²) >= 11 is 0. The van der Waals surface area contributed by atoms with Gasteiger partial charge in [0.25, 0.3) is 0 Å². The van der Waals surface area contributed by atoms with E-state index in [-0.39, 0.29) is 11.7 Å². The summed E-state index contributed by atoms with van der Waals surface area (Å²) in [6, 6.07) is 32.3. The Bertz CT molecular complexity index is 1420. The van der Waals surface area contributed by atoms with Gasteiger partial charge < -0.3 is 10.6 Å². The zero-order valence-electron chi connectivity index (χ0n) is 21.0. The highest BCUT2D eigenvalue weighted by Gasteiger charge is 2.33. The average molecular weight is 503 g/mol. The zero-order chi connectivity index (χ0) is 26.5. The molecule has 4 amide bonds. The van der Waals surface area contributed by atoms with Crippen molar-refractivity contribution in [2.75, 3.05) is 10.6 Å². The second-order valence-corrected chi connectivity index (χ2v) is 8.69. The number of amides is 4. The Morgan fingerprint density at radius 3 is 1.24 bits per heavy atom. The van der Waals surface area contributed by atoms with E-state index in [4.69, 9.17) is 0 Å². The van der Waals surface area contributed by atoms with Gasteiger partial charge in [-0.25, -0.2) is 9.59 Å². The number of hydrogen-bond donors (Lipinski definition) is 2. The summed E-state index contributed by atoms with van der Waals surface area (Å²) in [5, 5.41) is 17.6. The minimum atomic E-state index is -0.505. The van der Waals surface area contributed by atoms with E-state index in [1.54, 1.807) is 0 Å². The number of aryl methyl sites for hydroxylation is 2. The molecule has 0 aromatic heterocycles. The number of para-hydroxylation sites is 2. The summed E-state index contributed by atoms with van der Waals surface area (Å²) in [5.41, 5.74) is 4.36. The number of hydrogen-bond acceptors (Lipinski definition) is 4. The van der Waals surface area contributed by atoms with Crippen LogP contribution in [-0.2, 0) is 0 Å². The standard InChI is InChI=1S/C30H26N6O2/c1-21-13-9-11-19-25(21)31-29(37)35-27(23-15-5-3-6-16-23)34-36(28(33-35)24-17-7-4-8-18-24)30(38)32-26-20-12-10-14-22(26)2/h3-20H,1-2H3,(H,31,37)(H,32,38). The lowest BCUT2D eigenvalue weighted by Gasteiger charge is -2.30. The molecule has 4 aromatic rings. The fourth-order valence-electron chi connectivity index (χ4n) is 3.95. The predicted molar refractivity (Wildman–Crippen MR) is 150 cm³/mol. The molecular weight excluding hydrogens is 476 g/mol. The van der Waals surface area contributed by atoms with Crippen molar-refractivity contribution in [1.82, 2.24) is 10.0 Å². The first-order chi connectivity index (χ1) is 18.5. The normalized spacial score (nSPS) is 12.9. The number of carbonyl (C=O) groups excluding carboxylic acids is 2. The lowest BCUT2D eigenvalue weighted by atomic mass is 10.2. The van der Waals surface area contributed by atoms with Gasteiger partial charge >= 0.3 is 12.1 Å². The average Bonchev–Trinajstić information content (AvgIpc) is 2.95. The summed E-state index contributed by atoms with van der Waals surface area (Å²) in [7, 11) is 0. The quantitative estimate of drug-likeness (QED) is 0.338. The van der Waals surface area contributed by atoms with Crippen molar-refractivity contribution < 1.29 is 9.59 Å². The molecule has 0 fully saturated rings. The van der Waals surface area contributed by atoms with E-state index in [1.807, 2.05) is 123 Å². The molecule has 4 aromatic carbocycles. The Morgan fingerprint density at radius 1 is 0.526 bits per heavy atom. The van der Waals surface area contributed by atoms with Crippen LogP contribution in [0.4, 0.5) is 21.0 Å². The van der Waals surface area contributed by atoms with E-state index in [0.29, 0.717) is 22.5 Å². The van der Waals surface area contributed by atoms with Crippen LogP contribution in [0.3, 0.4) is 0 Å². The van der Waals surface area contributed by atoms with Crippen molar-refractivity contribution in [3.05, 3.63) is 131 Å². The largest absolute Gasteiger partial charge is 0.348 e. The van der Waals surface area contributed by atoms with Crippen LogP contribution in [-0.4, -0.2) is 33.8 Å². The Kier molecular flexibility index (Phi) is 6.95. The van der Waals surface area contributed by atoms with Gasteiger partial charge in [-0.3, -0.25) is 0 Å². The minimum Gasteiger partial charge on any atom is -0.306 e. The second kappa shape index (κ2) is 10.8. The molecule has 0 saturated heterocycles. The van der Waals surface area contributed by atoms with Crippen LogP contribution in [0.15, 0.2) is 119 Å². The van der Waals surface area contributed by atoms with Crippen molar-refractivity contribution in [1.29, 1.82) is 0 Å². The molecule has 1 heterocycles. The van der Waals surface area contributed by atoms with Crippen LogP contribution in [0.1, 0.15) is 22.3 Å². The Hall–Kier alpha value is -5.24. The van der Waals surface area contributed by atoms with E-state index in [9.17, 15) is 9.59 Å². The van der Waals surface area contributed by atoms with Crippen LogP contribution >= 0.6 is 0 Å². The lowest BCUT2D eigenvalue weighted by molar-refractivity contribution is 0.224. The van der Waals surface area contributed by atoms with E-state index in [0.717, 1.165) is 11.1 Å². The third kappa shape index (κ3) is 5.15. The van der Waals surface area contributed by atoms with Gasteiger partial charge in [0.15, 0.2) is 11.7 Å². The Labute approximate surface area is 220 Å². The molecule has 8 heteroatoms. The monoisotopic (exact) mass is 502 g/mol. The number of urea groups is 2. The summed E-state index contributed by atoms with van der Waals surface area (Å²) in [5.74, 6) is 0.410. The topological polar surface area (TPSA) is 89.4 Å². The van der Waals surface area contributed by atoms with Crippen LogP contribution < -0.4 is 10.6 Å². The highest BCUT2D eigenvalue weighted by Crippen LogP contribution is 2.22. The van der Waals surface area contributed by atoms with Gasteiger partial charge in [-0.05, 0) is 37.1 Å². The smallest absolute Gasteiger partial charge is 0.306 e. The lowest BCUT2D eigenvalue weighted by Crippen LogP contribution is -2.48. The van der Waals surface area contributed by atoms with Gasteiger partial charge in [0.2, 0.25) is 0 Å². The molecular formula is C30H26N6O2. The molecule has 0 bridgehead atoms. The van der Waals surface area contributed by atoms with Gasteiger partial charge in [-0.2, -0.15) is 10.0 Å². The van der Waals surface area contributed by atoms with Gasteiger partial charge in [0.1, 0.15) is 0 Å². The summed E-state index contributed by atoms with van der Waals surface area (Å²) in [6.45, 7) is 3.82. The van der Waals surface area contributed by atoms with Crippen molar-refractivity contribution in [2.24, 2.45) is 10.2 Å². The molecule has 0 unspecified atom stereocenters. The fourth-order valence-corrected chi connectivity index (χ4v) is 3.95. The highest BCUT2D eigenvalue weighted by molar-refractivity contribution is 6.18. The first-order valence-electron chi connectivity index (χ1n) is 12.1. The van der Waals surface area contributed by atoms with Gasteiger partial charge in [-0.15, -0.1) is 10.2 Å². The summed E-state index contributed by atoms with van der Waals surface area (Å²) in [6.07, 6.45) is 0. The van der Waals surface area contributed by atoms with Gasteiger partial charge in [0.05, 0.1) is 0 Å². The summed E-state index contributed by atoms with van der Waals surface area (Å²) < 4.78 is 0. The van der Waals surface area contributed by atoms with Crippen LogP contribution in [0.5, 0.6) is 0 Å². The second-order valence-electron chi connectivity index (χ2n) is 8.69. The number of amidine groups is 2. The van der Waals surface area contributed by atoms with Crippen molar-refractivity contribution in [3.8, 4) is 0 Å². The number of hydrazone groups is 2. The van der Waals surface area contributed by atoms with E-state index in [1.165, 1.54) is 10.0 Å². The Balaban J connectivity index is 1.59. The van der Waals surface area contributed by atoms with Gasteiger partial charge in [0, 0.05) is 22.5 Å². The molecule has 0 atom stereocenters. The van der Waals surface area contributed by atoms with E-state index >= 15 is 0 Å². The van der Waals surface area contributed by atoms with E-state index < -0.39 is 12.1 Å². The fraction of sp³-hybridized carbons (Fsp3) is 0.0667. The SMILES string of the molecule is Cc1ccccc1NC(=O)N1N=C(c2ccccc2)N(C(=O)Nc2ccccc2C)N=C1c1ccccc1. The number of carbonyl (C=O) groups is 2. The van der Waals surface area contributed by atoms with Crippen molar-refractivity contribution in [3.63, 3.8) is 0 Å². The third-order valence-electron chi connectivity index (χ3n) is 6.01. The number of nitrogens with one attached hydrogen (secondary N) is 2. The maximum Gasteiger partial charge on any atom is 0.348 e. The maximum atomic E-state index is 13.6. The number of anilines is 2. The molecule has 5 rings (SSSR count). The Morgan fingerprint density at radius 2 is 0.868 bits per heavy atom. The number of benzene rings is 4. The van der Waals surface area contributed by atoms with Crippen molar-refractivity contribution in [2.45, 2.75) is 13.8 Å². The molecule has 0 saturated carbocycles. The van der Waals surface area contributed by atoms with Crippen LogP contribution in [0.25, 0.3) is 0 Å². The highest BCUT2D eigenvalue weighted by atomic mass is 16.2. The molecule has 1 aliphatic rings. The van der Waals surface area contributed by atoms with Crippen molar-refractivity contribution >= 4 is 35.1 Å². The molecule has 1 aliphatic heterocycles. The third-order valence-corrected chi connectivity index (χ3v) is 6.01. The number of nitrogens with zero attached hydrogens (tertiary/aromatic N) is 4. The molecule has 188 valence electrons. The molecule has 0 aliphatic carbocycles. The first kappa shape index (κ1) is 24.5. The number of rotatable bonds is 4. The van der Waals surface area contributed by atoms with E-state index in [2.05, 4.69) is 20.8 Å². The molecule has 2 N–H and O–H groups in total. The molecule has 0 radical (unpaired) electrons. The van der Waals surface area contributed by atoms with Crippen LogP contribution in [0, 0.1) is 13.8 Å². The zero-order valence-corrected chi connectivity index (χ0v) is 21.0. The minimum absolute atomic E-state index is 0.205. The molecule has 0 spiro atoms. The maximum absolute atomic E-state index is 13.6.